The fourth-order valence-electron chi connectivity index (χ4n) is 2.07. The van der Waals surface area contributed by atoms with E-state index in [1.54, 1.807) is 0 Å². The van der Waals surface area contributed by atoms with Crippen molar-refractivity contribution >= 4 is 24.0 Å². The van der Waals surface area contributed by atoms with E-state index in [9.17, 15) is 18.0 Å². The van der Waals surface area contributed by atoms with Crippen molar-refractivity contribution in [1.29, 1.82) is 0 Å². The molecule has 1 heterocycles. The molecule has 2 rings (SSSR count). The molecule has 0 atom stereocenters. The molecule has 0 aliphatic carbocycles. The van der Waals surface area contributed by atoms with Gasteiger partial charge in [0, 0.05) is 11.6 Å². The molecule has 0 aromatic heterocycles. The van der Waals surface area contributed by atoms with Crippen molar-refractivity contribution in [3.05, 3.63) is 24.3 Å². The summed E-state index contributed by atoms with van der Waals surface area (Å²) in [7, 11) is 0. The van der Waals surface area contributed by atoms with Gasteiger partial charge in [-0.15, -0.1) is 25.6 Å². The maximum Gasteiger partial charge on any atom is 0.573 e. The topological polar surface area (TPSA) is 50.4 Å². The summed E-state index contributed by atoms with van der Waals surface area (Å²) in [5, 5.41) is 5.86. The average Bonchev–Trinajstić information content (AvgIpc) is 2.40. The maximum absolute atomic E-state index is 12.0. The third kappa shape index (κ3) is 5.81. The molecule has 118 valence electrons. The summed E-state index contributed by atoms with van der Waals surface area (Å²) in [6.07, 6.45) is -3.18. The monoisotopic (exact) mass is 324 g/mol. The summed E-state index contributed by atoms with van der Waals surface area (Å²) in [5.74, 6) is -0.462. The van der Waals surface area contributed by atoms with Crippen LogP contribution in [0.5, 0.6) is 5.75 Å². The summed E-state index contributed by atoms with van der Waals surface area (Å²) < 4.78 is 39.7. The lowest BCUT2D eigenvalue weighted by atomic mass is 9.97. The zero-order chi connectivity index (χ0) is 14.6. The van der Waals surface area contributed by atoms with E-state index in [4.69, 9.17) is 0 Å². The molecule has 1 aromatic rings. The van der Waals surface area contributed by atoms with Gasteiger partial charge in [-0.3, -0.25) is 4.79 Å². The molecule has 1 aromatic carbocycles. The largest absolute Gasteiger partial charge is 0.573 e. The molecule has 1 fully saturated rings. The summed E-state index contributed by atoms with van der Waals surface area (Å²) >= 11 is 0. The number of piperidine rings is 1. The van der Waals surface area contributed by atoms with Crippen molar-refractivity contribution < 1.29 is 22.7 Å². The van der Waals surface area contributed by atoms with Crippen LogP contribution in [0.15, 0.2) is 24.3 Å². The molecule has 1 saturated heterocycles. The lowest BCUT2D eigenvalue weighted by Crippen LogP contribution is -2.34. The molecule has 0 bridgehead atoms. The normalized spacial score (nSPS) is 16.0. The van der Waals surface area contributed by atoms with E-state index in [2.05, 4.69) is 15.4 Å². The molecule has 21 heavy (non-hydrogen) atoms. The molecule has 1 amide bonds. The smallest absolute Gasteiger partial charge is 0.406 e. The van der Waals surface area contributed by atoms with Gasteiger partial charge >= 0.3 is 6.36 Å². The van der Waals surface area contributed by atoms with Gasteiger partial charge in [-0.2, -0.15) is 0 Å². The van der Waals surface area contributed by atoms with Gasteiger partial charge in [-0.1, -0.05) is 0 Å². The highest BCUT2D eigenvalue weighted by molar-refractivity contribution is 5.92. The lowest BCUT2D eigenvalue weighted by Gasteiger charge is -2.21. The first kappa shape index (κ1) is 17.6. The first-order valence-electron chi connectivity index (χ1n) is 6.31. The van der Waals surface area contributed by atoms with Crippen LogP contribution in [-0.2, 0) is 4.79 Å². The summed E-state index contributed by atoms with van der Waals surface area (Å²) in [6, 6.07) is 5.12. The van der Waals surface area contributed by atoms with Crippen LogP contribution in [0.1, 0.15) is 12.8 Å². The minimum absolute atomic E-state index is 0. The Bertz CT molecular complexity index is 459. The van der Waals surface area contributed by atoms with Crippen LogP contribution in [0, 0.1) is 5.92 Å². The third-order valence-corrected chi connectivity index (χ3v) is 3.07. The molecule has 0 unspecified atom stereocenters. The Balaban J connectivity index is 0.00000220. The molecule has 4 nitrogen and oxygen atoms in total. The van der Waals surface area contributed by atoms with Crippen molar-refractivity contribution in [2.75, 3.05) is 18.4 Å². The average molecular weight is 325 g/mol. The second-order valence-electron chi connectivity index (χ2n) is 4.59. The summed E-state index contributed by atoms with van der Waals surface area (Å²) in [5.41, 5.74) is 0.461. The molecule has 0 radical (unpaired) electrons. The van der Waals surface area contributed by atoms with Gasteiger partial charge in [-0.05, 0) is 50.2 Å². The highest BCUT2D eigenvalue weighted by Gasteiger charge is 2.31. The molecular formula is C13H16ClF3N2O2. The molecule has 8 heteroatoms. The number of carbonyl (C=O) groups is 1. The van der Waals surface area contributed by atoms with Crippen molar-refractivity contribution in [1.82, 2.24) is 5.32 Å². The standard InChI is InChI=1S/C13H15F3N2O2.ClH/c14-13(15,16)20-11-3-1-10(2-4-11)18-12(19)9-5-7-17-8-6-9;/h1-4,9,17H,5-8H2,(H,18,19);1H. The Morgan fingerprint density at radius 1 is 1.19 bits per heavy atom. The third-order valence-electron chi connectivity index (χ3n) is 3.07. The van der Waals surface area contributed by atoms with Gasteiger partial charge in [0.1, 0.15) is 5.75 Å². The van der Waals surface area contributed by atoms with Crippen LogP contribution in [-0.4, -0.2) is 25.4 Å². The van der Waals surface area contributed by atoms with E-state index in [0.717, 1.165) is 25.9 Å². The first-order chi connectivity index (χ1) is 9.44. The quantitative estimate of drug-likeness (QED) is 0.899. The first-order valence-corrected chi connectivity index (χ1v) is 6.31. The van der Waals surface area contributed by atoms with Gasteiger partial charge in [0.25, 0.3) is 0 Å². The fraction of sp³-hybridized carbons (Fsp3) is 0.462. The van der Waals surface area contributed by atoms with Crippen molar-refractivity contribution in [2.24, 2.45) is 5.92 Å². The van der Waals surface area contributed by atoms with Crippen LogP contribution in [0.3, 0.4) is 0 Å². The Morgan fingerprint density at radius 3 is 2.29 bits per heavy atom. The second kappa shape index (κ2) is 7.51. The van der Waals surface area contributed by atoms with E-state index in [-0.39, 0.29) is 30.0 Å². The molecule has 2 N–H and O–H groups in total. The van der Waals surface area contributed by atoms with Crippen molar-refractivity contribution in [3.63, 3.8) is 0 Å². The highest BCUT2D eigenvalue weighted by atomic mass is 35.5. The minimum atomic E-state index is -4.71. The van der Waals surface area contributed by atoms with Gasteiger partial charge in [0.2, 0.25) is 5.91 Å². The minimum Gasteiger partial charge on any atom is -0.406 e. The van der Waals surface area contributed by atoms with Crippen LogP contribution in [0.25, 0.3) is 0 Å². The fourth-order valence-corrected chi connectivity index (χ4v) is 2.07. The summed E-state index contributed by atoms with van der Waals surface area (Å²) in [4.78, 5) is 11.9. The van der Waals surface area contributed by atoms with Crippen LogP contribution >= 0.6 is 12.4 Å². The predicted octanol–water partition coefficient (Wildman–Crippen LogP) is 2.95. The molecule has 0 saturated carbocycles. The van der Waals surface area contributed by atoms with Gasteiger partial charge in [0.05, 0.1) is 0 Å². The van der Waals surface area contributed by atoms with Crippen LogP contribution in [0.2, 0.25) is 0 Å². The highest BCUT2D eigenvalue weighted by Crippen LogP contribution is 2.24. The Morgan fingerprint density at radius 2 is 1.76 bits per heavy atom. The van der Waals surface area contributed by atoms with E-state index >= 15 is 0 Å². The maximum atomic E-state index is 12.0. The number of rotatable bonds is 3. The molecule has 1 aliphatic rings. The number of nitrogens with one attached hydrogen (secondary N) is 2. The van der Waals surface area contributed by atoms with Crippen LogP contribution in [0.4, 0.5) is 18.9 Å². The molecule has 1 aliphatic heterocycles. The predicted molar refractivity (Wildman–Crippen MR) is 74.6 cm³/mol. The van der Waals surface area contributed by atoms with Crippen molar-refractivity contribution in [3.8, 4) is 5.75 Å². The number of ether oxygens (including phenoxy) is 1. The van der Waals surface area contributed by atoms with E-state index in [1.807, 2.05) is 0 Å². The SMILES string of the molecule is Cl.O=C(Nc1ccc(OC(F)(F)F)cc1)C1CCNCC1. The number of alkyl halides is 3. The number of carbonyl (C=O) groups excluding carboxylic acids is 1. The van der Waals surface area contributed by atoms with E-state index in [1.165, 1.54) is 24.3 Å². The van der Waals surface area contributed by atoms with Gasteiger partial charge in [0.15, 0.2) is 0 Å². The number of benzene rings is 1. The van der Waals surface area contributed by atoms with Crippen LogP contribution < -0.4 is 15.4 Å². The van der Waals surface area contributed by atoms with E-state index < -0.39 is 6.36 Å². The Hall–Kier alpha value is -1.47. The Kier molecular flexibility index (Phi) is 6.29. The van der Waals surface area contributed by atoms with E-state index in [0.29, 0.717) is 5.69 Å². The lowest BCUT2D eigenvalue weighted by molar-refractivity contribution is -0.274. The molecular weight excluding hydrogens is 309 g/mol. The van der Waals surface area contributed by atoms with Gasteiger partial charge in [-0.25, -0.2) is 0 Å². The number of hydrogen-bond donors (Lipinski definition) is 2. The summed E-state index contributed by atoms with van der Waals surface area (Å²) in [6.45, 7) is 1.60. The molecule has 0 spiro atoms. The Labute approximate surface area is 126 Å². The second-order valence-corrected chi connectivity index (χ2v) is 4.59. The number of anilines is 1. The number of hydrogen-bond acceptors (Lipinski definition) is 3. The zero-order valence-corrected chi connectivity index (χ0v) is 11.9. The van der Waals surface area contributed by atoms with Gasteiger partial charge < -0.3 is 15.4 Å². The number of amides is 1. The zero-order valence-electron chi connectivity index (χ0n) is 11.1. The van der Waals surface area contributed by atoms with Crippen molar-refractivity contribution in [2.45, 2.75) is 19.2 Å². The number of halogens is 4.